The Labute approximate surface area is 174 Å². The Bertz CT molecular complexity index is 698. The molecule has 1 unspecified atom stereocenters. The summed E-state index contributed by atoms with van der Waals surface area (Å²) in [7, 11) is -1.20. The highest BCUT2D eigenvalue weighted by molar-refractivity contribution is 9.10. The molecule has 1 aromatic carbocycles. The van der Waals surface area contributed by atoms with E-state index in [0.29, 0.717) is 6.42 Å². The molecule has 0 fully saturated rings. The van der Waals surface area contributed by atoms with Crippen molar-refractivity contribution in [2.24, 2.45) is 0 Å². The Kier molecular flexibility index (Phi) is 9.12. The third-order valence-electron chi connectivity index (χ3n) is 3.28. The summed E-state index contributed by atoms with van der Waals surface area (Å²) in [5.74, 6) is -0.354. The summed E-state index contributed by atoms with van der Waals surface area (Å²) in [6, 6.07) is 7.71. The molecule has 6 heteroatoms. The molecule has 0 aliphatic carbocycles. The second-order valence-corrected chi connectivity index (χ2v) is 11.0. The highest BCUT2D eigenvalue weighted by atomic mass is 79.9. The molecule has 0 radical (unpaired) electrons. The number of allylic oxidation sites excluding steroid dienone is 2. The number of halogens is 1. The molecule has 1 aromatic rings. The molecule has 27 heavy (non-hydrogen) atoms. The van der Waals surface area contributed by atoms with Gasteiger partial charge in [-0.05, 0) is 65.7 Å². The second kappa shape index (κ2) is 10.3. The van der Waals surface area contributed by atoms with Crippen molar-refractivity contribution in [3.8, 4) is 0 Å². The molecule has 0 aliphatic heterocycles. The van der Waals surface area contributed by atoms with Crippen LogP contribution in [0.1, 0.15) is 59.6 Å². The van der Waals surface area contributed by atoms with Gasteiger partial charge in [-0.1, -0.05) is 46.3 Å². The smallest absolute Gasteiger partial charge is 0.330 e. The number of benzene rings is 1. The molecule has 0 aliphatic rings. The van der Waals surface area contributed by atoms with E-state index in [0.717, 1.165) is 10.0 Å². The molecule has 0 aromatic heterocycles. The van der Waals surface area contributed by atoms with Gasteiger partial charge in [-0.2, -0.15) is 0 Å². The van der Waals surface area contributed by atoms with Gasteiger partial charge in [0, 0.05) is 10.5 Å². The Hall–Kier alpha value is -1.24. The first-order valence-corrected chi connectivity index (χ1v) is 10.8. The van der Waals surface area contributed by atoms with Gasteiger partial charge in [0.05, 0.1) is 21.8 Å². The van der Waals surface area contributed by atoms with Crippen LogP contribution in [0.25, 0.3) is 0 Å². The molecule has 1 rings (SSSR count). The van der Waals surface area contributed by atoms with Crippen molar-refractivity contribution in [3.05, 3.63) is 58.6 Å². The normalized spacial score (nSPS) is 15.2. The fraction of sp³-hybridized carbons (Fsp3) is 0.476. The van der Waals surface area contributed by atoms with E-state index in [-0.39, 0.29) is 16.8 Å². The van der Waals surface area contributed by atoms with E-state index >= 15 is 0 Å². The van der Waals surface area contributed by atoms with E-state index < -0.39 is 16.6 Å². The summed E-state index contributed by atoms with van der Waals surface area (Å²) < 4.78 is 21.5. The van der Waals surface area contributed by atoms with Crippen LogP contribution in [0.4, 0.5) is 0 Å². The Balaban J connectivity index is 2.79. The van der Waals surface area contributed by atoms with Gasteiger partial charge < -0.3 is 4.74 Å². The fourth-order valence-electron chi connectivity index (χ4n) is 1.97. The Morgan fingerprint density at radius 3 is 2.26 bits per heavy atom. The van der Waals surface area contributed by atoms with Crippen LogP contribution in [-0.2, 0) is 20.5 Å². The van der Waals surface area contributed by atoms with Crippen LogP contribution >= 0.6 is 15.9 Å². The number of ether oxygens (including phenoxy) is 1. The number of rotatable bonds is 7. The maximum Gasteiger partial charge on any atom is 0.330 e. The van der Waals surface area contributed by atoms with Crippen molar-refractivity contribution in [2.45, 2.75) is 64.4 Å². The quantitative estimate of drug-likeness (QED) is 0.340. The lowest BCUT2D eigenvalue weighted by Gasteiger charge is -2.23. The van der Waals surface area contributed by atoms with Crippen molar-refractivity contribution >= 4 is 32.9 Å². The molecule has 0 heterocycles. The van der Waals surface area contributed by atoms with Gasteiger partial charge in [0.15, 0.2) is 0 Å². The molecule has 1 N–H and O–H groups in total. The van der Waals surface area contributed by atoms with Gasteiger partial charge >= 0.3 is 5.97 Å². The van der Waals surface area contributed by atoms with Gasteiger partial charge in [0.2, 0.25) is 0 Å². The van der Waals surface area contributed by atoms with Gasteiger partial charge in [-0.3, -0.25) is 0 Å². The standard InChI is InChI=1S/C21H30BrNO3S/c1-20(2,3)26-19(24)11-9-7-8-10-18(23-27(25)21(4,5)6)16-12-14-17(22)15-13-16/h8-15,18,23H,7H2,1-6H3/b10-8+,11-9+/t18-,27?/m0/s1. The molecular formula is C21H30BrNO3S. The molecule has 4 nitrogen and oxygen atoms in total. The minimum absolute atomic E-state index is 0.187. The zero-order chi connectivity index (χ0) is 20.7. The van der Waals surface area contributed by atoms with Crippen LogP contribution in [0.5, 0.6) is 0 Å². The first kappa shape index (κ1) is 23.8. The number of carbonyl (C=O) groups is 1. The van der Waals surface area contributed by atoms with Gasteiger partial charge in [0.1, 0.15) is 5.60 Å². The summed E-state index contributed by atoms with van der Waals surface area (Å²) in [5.41, 5.74) is 0.522. The molecule has 2 atom stereocenters. The molecule has 0 saturated carbocycles. The number of carbonyl (C=O) groups excluding carboxylic acids is 1. The monoisotopic (exact) mass is 455 g/mol. The van der Waals surface area contributed by atoms with E-state index in [2.05, 4.69) is 20.7 Å². The minimum Gasteiger partial charge on any atom is -0.457 e. The first-order valence-electron chi connectivity index (χ1n) is 8.88. The van der Waals surface area contributed by atoms with Crippen molar-refractivity contribution in [1.29, 1.82) is 0 Å². The van der Waals surface area contributed by atoms with Gasteiger partial charge in [0.25, 0.3) is 0 Å². The predicted octanol–water partition coefficient (Wildman–Crippen LogP) is 5.39. The Morgan fingerprint density at radius 1 is 1.15 bits per heavy atom. The number of hydrogen-bond donors (Lipinski definition) is 1. The molecule has 0 saturated heterocycles. The van der Waals surface area contributed by atoms with E-state index in [1.54, 1.807) is 6.08 Å². The number of nitrogens with one attached hydrogen (secondary N) is 1. The second-order valence-electron chi connectivity index (χ2n) is 8.13. The summed E-state index contributed by atoms with van der Waals surface area (Å²) in [6.45, 7) is 11.3. The predicted molar refractivity (Wildman–Crippen MR) is 117 cm³/mol. The summed E-state index contributed by atoms with van der Waals surface area (Å²) in [4.78, 5) is 11.7. The average Bonchev–Trinajstić information content (AvgIpc) is 2.51. The molecule has 0 spiro atoms. The Morgan fingerprint density at radius 2 is 1.74 bits per heavy atom. The van der Waals surface area contributed by atoms with Gasteiger partial charge in [-0.25, -0.2) is 13.7 Å². The topological polar surface area (TPSA) is 55.4 Å². The highest BCUT2D eigenvalue weighted by Gasteiger charge is 2.22. The molecule has 0 amide bonds. The lowest BCUT2D eigenvalue weighted by atomic mass is 10.1. The van der Waals surface area contributed by atoms with Crippen molar-refractivity contribution in [1.82, 2.24) is 4.72 Å². The van der Waals surface area contributed by atoms with Crippen LogP contribution in [0.3, 0.4) is 0 Å². The van der Waals surface area contributed by atoms with Crippen molar-refractivity contribution in [3.63, 3.8) is 0 Å². The maximum absolute atomic E-state index is 12.5. The number of hydrogen-bond acceptors (Lipinski definition) is 3. The third-order valence-corrected chi connectivity index (χ3v) is 5.39. The first-order chi connectivity index (χ1) is 12.4. The van der Waals surface area contributed by atoms with Crippen LogP contribution in [0.15, 0.2) is 53.0 Å². The third kappa shape index (κ3) is 10.0. The largest absolute Gasteiger partial charge is 0.457 e. The fourth-order valence-corrected chi connectivity index (χ4v) is 3.04. The lowest BCUT2D eigenvalue weighted by Crippen LogP contribution is -2.35. The SMILES string of the molecule is CC(C)(C)OC(=O)/C=C/C/C=C/[C@H](NS(=O)C(C)(C)C)c1ccc(Br)cc1. The van der Waals surface area contributed by atoms with Gasteiger partial charge in [-0.15, -0.1) is 0 Å². The molecule has 150 valence electrons. The van der Waals surface area contributed by atoms with E-state index in [9.17, 15) is 9.00 Å². The number of esters is 1. The van der Waals surface area contributed by atoms with Crippen LogP contribution in [-0.4, -0.2) is 20.5 Å². The zero-order valence-corrected chi connectivity index (χ0v) is 19.3. The van der Waals surface area contributed by atoms with E-state index in [1.165, 1.54) is 6.08 Å². The van der Waals surface area contributed by atoms with E-state index in [1.807, 2.05) is 78.0 Å². The van der Waals surface area contributed by atoms with Crippen LogP contribution in [0.2, 0.25) is 0 Å². The van der Waals surface area contributed by atoms with Crippen molar-refractivity contribution in [2.75, 3.05) is 0 Å². The summed E-state index contributed by atoms with van der Waals surface area (Å²) in [6.07, 6.45) is 7.68. The van der Waals surface area contributed by atoms with E-state index in [4.69, 9.17) is 4.74 Å². The summed E-state index contributed by atoms with van der Waals surface area (Å²) in [5, 5.41) is 0. The van der Waals surface area contributed by atoms with Crippen LogP contribution < -0.4 is 4.72 Å². The summed E-state index contributed by atoms with van der Waals surface area (Å²) >= 11 is 3.43. The van der Waals surface area contributed by atoms with Crippen molar-refractivity contribution < 1.29 is 13.7 Å². The molecular weight excluding hydrogens is 426 g/mol. The maximum atomic E-state index is 12.5. The average molecular weight is 456 g/mol. The van der Waals surface area contributed by atoms with Crippen LogP contribution in [0, 0.1) is 0 Å². The lowest BCUT2D eigenvalue weighted by molar-refractivity contribution is -0.148. The zero-order valence-electron chi connectivity index (χ0n) is 16.9. The molecule has 0 bridgehead atoms. The minimum atomic E-state index is -1.20. The highest BCUT2D eigenvalue weighted by Crippen LogP contribution is 2.21.